The average Bonchev–Trinajstić information content (AvgIpc) is 2.66. The monoisotopic (exact) mass is 570 g/mol. The van der Waals surface area contributed by atoms with E-state index in [0.717, 1.165) is 0 Å². The molecule has 0 unspecified atom stereocenters. The van der Waals surface area contributed by atoms with Crippen LogP contribution in [-0.4, -0.2) is 83.9 Å². The summed E-state index contributed by atoms with van der Waals surface area (Å²) < 4.78 is 0. The van der Waals surface area contributed by atoms with Crippen LogP contribution in [0, 0.1) is 0 Å². The number of benzene rings is 2. The molecule has 0 fully saturated rings. The summed E-state index contributed by atoms with van der Waals surface area (Å²) in [5.41, 5.74) is 1.03. The van der Waals surface area contributed by atoms with Crippen molar-refractivity contribution in [2.75, 3.05) is 13.1 Å². The molecule has 0 aliphatic carbocycles. The van der Waals surface area contributed by atoms with E-state index in [1.54, 1.807) is 48.5 Å². The van der Waals surface area contributed by atoms with Crippen molar-refractivity contribution >= 4 is 51.1 Å². The number of nitrogens with one attached hydrogen (secondary N) is 2. The van der Waals surface area contributed by atoms with Crippen LogP contribution < -0.4 is 10.6 Å². The summed E-state index contributed by atoms with van der Waals surface area (Å²) in [7, 11) is 0. The molecule has 27 heavy (non-hydrogen) atoms. The molecule has 8 nitrogen and oxygen atoms in total. The van der Waals surface area contributed by atoms with Gasteiger partial charge in [0, 0.05) is 38.4 Å². The smallest absolute Gasteiger partial charge is 0.522 e. The summed E-state index contributed by atoms with van der Waals surface area (Å²) in [5, 5.41) is 18.2. The molecule has 0 aliphatic rings. The van der Waals surface area contributed by atoms with Crippen LogP contribution in [0.2, 0.25) is 0 Å². The third kappa shape index (κ3) is 10.7. The Hall–Kier alpha value is -2.76. The summed E-state index contributed by atoms with van der Waals surface area (Å²) in [5.74, 6) is -1.69. The van der Waals surface area contributed by atoms with E-state index in [1.165, 1.54) is 0 Å². The third-order valence-corrected chi connectivity index (χ3v) is 2.90. The standard InChI is InChI=1S/2C9H9NO3.Pb/c2*11-8(12)6-10-9(13)7-4-2-1-3-5-7;/h2*1-5H,6H2,(H,10,13)(H,11,12);/p+4. The summed E-state index contributed by atoms with van der Waals surface area (Å²) in [4.78, 5) is 39.5. The molecule has 0 saturated heterocycles. The fraction of sp³-hybridized carbons (Fsp3) is 0.111. The predicted molar refractivity (Wildman–Crippen MR) is 104 cm³/mol. The van der Waals surface area contributed by atoms with Crippen molar-refractivity contribution in [3.8, 4) is 0 Å². The van der Waals surface area contributed by atoms with E-state index >= 15 is 0 Å². The SMILES string of the molecule is O=C(NCC(=[OH+])[OH2+])c1ccccc1.O=C(NCC(=[OH+])[OH2+])c1ccccc1.[Pb]. The molecule has 2 rings (SSSR count). The van der Waals surface area contributed by atoms with Crippen LogP contribution in [0.15, 0.2) is 60.7 Å². The van der Waals surface area contributed by atoms with Crippen LogP contribution in [0.4, 0.5) is 0 Å². The minimum absolute atomic E-state index is 0. The van der Waals surface area contributed by atoms with Gasteiger partial charge in [0.05, 0.1) is 0 Å². The summed E-state index contributed by atoms with van der Waals surface area (Å²) in [6, 6.07) is 17.3. The van der Waals surface area contributed by atoms with Gasteiger partial charge in [-0.1, -0.05) is 36.4 Å². The van der Waals surface area contributed by atoms with Gasteiger partial charge in [-0.3, -0.25) is 9.59 Å². The first-order valence-corrected chi connectivity index (χ1v) is 7.59. The summed E-state index contributed by atoms with van der Waals surface area (Å²) in [6.45, 7) is -0.262. The second-order valence-corrected chi connectivity index (χ2v) is 4.99. The topological polar surface area (TPSA) is 147 Å². The van der Waals surface area contributed by atoms with E-state index < -0.39 is 11.9 Å². The first kappa shape index (κ1) is 24.2. The van der Waals surface area contributed by atoms with Crippen LogP contribution in [0.1, 0.15) is 20.7 Å². The van der Waals surface area contributed by atoms with Gasteiger partial charge in [0.2, 0.25) is 13.1 Å². The minimum Gasteiger partial charge on any atom is -0.522 e. The van der Waals surface area contributed by atoms with Gasteiger partial charge >= 0.3 is 11.9 Å². The van der Waals surface area contributed by atoms with E-state index in [1.807, 2.05) is 12.1 Å². The molecule has 4 radical (unpaired) electrons. The van der Waals surface area contributed by atoms with Crippen LogP contribution in [0.25, 0.3) is 0 Å². The van der Waals surface area contributed by atoms with Crippen molar-refractivity contribution in [1.29, 1.82) is 0 Å². The molecule has 9 heteroatoms. The molecule has 0 saturated carbocycles. The molecule has 2 aromatic rings. The van der Waals surface area contributed by atoms with E-state index in [9.17, 15) is 9.59 Å². The molecule has 0 aliphatic heterocycles. The van der Waals surface area contributed by atoms with E-state index in [2.05, 4.69) is 10.6 Å². The van der Waals surface area contributed by atoms with E-state index in [-0.39, 0.29) is 52.2 Å². The zero-order valence-corrected chi connectivity index (χ0v) is 18.3. The Labute approximate surface area is 175 Å². The molecule has 0 atom stereocenters. The first-order valence-electron chi connectivity index (χ1n) is 7.59. The normalized spacial score (nSPS) is 8.89. The summed E-state index contributed by atoms with van der Waals surface area (Å²) in [6.07, 6.45) is 0. The Kier molecular flexibility index (Phi) is 12.1. The van der Waals surface area contributed by atoms with Gasteiger partial charge in [0.1, 0.15) is 0 Å². The van der Waals surface area contributed by atoms with Gasteiger partial charge in [-0.05, 0) is 24.3 Å². The first-order chi connectivity index (χ1) is 12.4. The molecule has 0 bridgehead atoms. The maximum Gasteiger partial charge on any atom is 0.641 e. The average molecular weight is 570 g/mol. The number of rotatable bonds is 6. The van der Waals surface area contributed by atoms with E-state index in [0.29, 0.717) is 11.1 Å². The predicted octanol–water partition coefficient (Wildman–Crippen LogP) is -1.09. The van der Waals surface area contributed by atoms with Gasteiger partial charge in [0.25, 0.3) is 11.8 Å². The number of amides is 2. The Bertz CT molecular complexity index is 687. The summed E-state index contributed by atoms with van der Waals surface area (Å²) >= 11 is 0. The van der Waals surface area contributed by atoms with Gasteiger partial charge in [-0.25, -0.2) is 9.59 Å². The van der Waals surface area contributed by atoms with Crippen LogP contribution in [0.3, 0.4) is 0 Å². The quantitative estimate of drug-likeness (QED) is 0.336. The maximum atomic E-state index is 11.2. The van der Waals surface area contributed by atoms with Gasteiger partial charge in [-0.15, -0.1) is 0 Å². The van der Waals surface area contributed by atoms with E-state index in [4.69, 9.17) is 19.8 Å². The molecule has 0 aromatic heterocycles. The second kappa shape index (κ2) is 13.4. The maximum absolute atomic E-state index is 11.2. The fourth-order valence-corrected chi connectivity index (χ4v) is 1.71. The molecule has 0 spiro atoms. The molecule has 2 amide bonds. The Balaban J connectivity index is 0.000000483. The number of carbonyl (C=O) groups is 2. The molecular weight excluding hydrogens is 547 g/mol. The van der Waals surface area contributed by atoms with Crippen LogP contribution >= 0.6 is 0 Å². The Morgan fingerprint density at radius 1 is 0.704 bits per heavy atom. The van der Waals surface area contributed by atoms with Crippen molar-refractivity contribution < 1.29 is 29.4 Å². The minimum atomic E-state index is -0.552. The molecule has 0 heterocycles. The fourth-order valence-electron chi connectivity index (χ4n) is 1.71. The number of hydrogen-bond acceptors (Lipinski definition) is 2. The van der Waals surface area contributed by atoms with Crippen molar-refractivity contribution in [2.24, 2.45) is 0 Å². The van der Waals surface area contributed by atoms with Crippen molar-refractivity contribution in [3.63, 3.8) is 0 Å². The van der Waals surface area contributed by atoms with Gasteiger partial charge in [-0.2, -0.15) is 0 Å². The van der Waals surface area contributed by atoms with Crippen LogP contribution in [-0.2, 0) is 0 Å². The zero-order chi connectivity index (χ0) is 19.4. The largest absolute Gasteiger partial charge is 0.641 e. The zero-order valence-electron chi connectivity index (χ0n) is 14.4. The molecule has 2 aromatic carbocycles. The van der Waals surface area contributed by atoms with Gasteiger partial charge in [0.15, 0.2) is 0 Å². The van der Waals surface area contributed by atoms with Crippen molar-refractivity contribution in [2.45, 2.75) is 0 Å². The third-order valence-electron chi connectivity index (χ3n) is 2.90. The molecular formula is C18H22N2O6Pb+4. The Morgan fingerprint density at radius 3 is 1.26 bits per heavy atom. The van der Waals surface area contributed by atoms with Crippen molar-refractivity contribution in [3.05, 3.63) is 71.8 Å². The van der Waals surface area contributed by atoms with Crippen molar-refractivity contribution in [1.82, 2.24) is 10.6 Å². The number of carbonyl (C=O) groups excluding carboxylic acids is 4. The van der Waals surface area contributed by atoms with Gasteiger partial charge < -0.3 is 20.8 Å². The molecule has 8 N–H and O–H groups in total. The van der Waals surface area contributed by atoms with Crippen LogP contribution in [0.5, 0.6) is 0 Å². The Morgan fingerprint density at radius 2 is 1.00 bits per heavy atom. The molecule has 140 valence electrons. The number of hydrogen-bond donors (Lipinski definition) is 2. The second-order valence-electron chi connectivity index (χ2n) is 4.99.